The van der Waals surface area contributed by atoms with E-state index in [9.17, 15) is 4.79 Å². The summed E-state index contributed by atoms with van der Waals surface area (Å²) in [5.74, 6) is 0. The fourth-order valence-electron chi connectivity index (χ4n) is 3.84. The van der Waals surface area contributed by atoms with Gasteiger partial charge in [0, 0.05) is 17.9 Å². The number of morpholine rings is 1. The van der Waals surface area contributed by atoms with Crippen molar-refractivity contribution in [2.45, 2.75) is 96.3 Å². The third-order valence-corrected chi connectivity index (χ3v) is 6.56. The highest BCUT2D eigenvalue weighted by atomic mass is 16.7. The third kappa shape index (κ3) is 4.12. The van der Waals surface area contributed by atoms with E-state index in [4.69, 9.17) is 18.8 Å². The van der Waals surface area contributed by atoms with Gasteiger partial charge in [-0.1, -0.05) is 0 Å². The van der Waals surface area contributed by atoms with Crippen LogP contribution in [0.4, 0.5) is 4.79 Å². The molecule has 0 N–H and O–H groups in total. The topological polar surface area (TPSA) is 75.1 Å². The highest BCUT2D eigenvalue weighted by molar-refractivity contribution is 6.61. The molecular weight excluding hydrogens is 385 g/mol. The van der Waals surface area contributed by atoms with Gasteiger partial charge in [0.05, 0.1) is 42.5 Å². The number of carbonyl (C=O) groups excluding carboxylic acids is 1. The Hall–Kier alpha value is -1.58. The highest BCUT2D eigenvalue weighted by Crippen LogP contribution is 2.45. The largest absolute Gasteiger partial charge is 0.498 e. The van der Waals surface area contributed by atoms with Gasteiger partial charge in [0.1, 0.15) is 5.60 Å². The van der Waals surface area contributed by atoms with E-state index in [0.29, 0.717) is 19.7 Å². The number of aromatic nitrogens is 2. The summed E-state index contributed by atoms with van der Waals surface area (Å²) in [5, 5.41) is 4.47. The first kappa shape index (κ1) is 21.6. The molecule has 2 saturated heterocycles. The maximum Gasteiger partial charge on any atom is 0.498 e. The first-order valence-corrected chi connectivity index (χ1v) is 10.8. The normalized spacial score (nSPS) is 26.8. The van der Waals surface area contributed by atoms with E-state index in [1.807, 2.05) is 64.2 Å². The van der Waals surface area contributed by atoms with Gasteiger partial charge in [-0.2, -0.15) is 5.10 Å². The van der Waals surface area contributed by atoms with E-state index in [1.54, 1.807) is 6.20 Å². The molecule has 1 saturated carbocycles. The van der Waals surface area contributed by atoms with Crippen LogP contribution in [0.15, 0.2) is 12.4 Å². The Bertz CT molecular complexity index is 796. The summed E-state index contributed by atoms with van der Waals surface area (Å²) < 4.78 is 25.8. The SMILES string of the molecule is CC(C)(C)OC(=O)N1C[C@H](Cn2cc(B3OC(C)(C)C(C)(C)O3)cn2)OCC12CC2. The molecule has 3 aliphatic rings. The molecule has 9 heteroatoms. The Morgan fingerprint density at radius 2 is 1.87 bits per heavy atom. The predicted octanol–water partition coefficient (Wildman–Crippen LogP) is 2.35. The van der Waals surface area contributed by atoms with Crippen LogP contribution in [0, 0.1) is 0 Å². The van der Waals surface area contributed by atoms with Gasteiger partial charge in [-0.05, 0) is 61.3 Å². The molecule has 1 atom stereocenters. The Kier molecular flexibility index (Phi) is 5.03. The van der Waals surface area contributed by atoms with Crippen LogP contribution >= 0.6 is 0 Å². The lowest BCUT2D eigenvalue weighted by Gasteiger charge is -2.40. The van der Waals surface area contributed by atoms with Gasteiger partial charge >= 0.3 is 13.2 Å². The van der Waals surface area contributed by atoms with Crippen LogP contribution in [-0.4, -0.2) is 69.5 Å². The molecule has 1 aliphatic carbocycles. The summed E-state index contributed by atoms with van der Waals surface area (Å²) in [5.41, 5.74) is -0.596. The van der Waals surface area contributed by atoms with Gasteiger partial charge < -0.3 is 18.8 Å². The van der Waals surface area contributed by atoms with Crippen molar-refractivity contribution in [3.8, 4) is 0 Å². The summed E-state index contributed by atoms with van der Waals surface area (Å²) in [6.45, 7) is 15.4. The maximum absolute atomic E-state index is 12.8. The van der Waals surface area contributed by atoms with Gasteiger partial charge in [0.2, 0.25) is 0 Å². The number of ether oxygens (including phenoxy) is 2. The predicted molar refractivity (Wildman–Crippen MR) is 113 cm³/mol. The van der Waals surface area contributed by atoms with Crippen LogP contribution < -0.4 is 5.46 Å². The van der Waals surface area contributed by atoms with Crippen molar-refractivity contribution in [3.63, 3.8) is 0 Å². The Balaban J connectivity index is 1.40. The van der Waals surface area contributed by atoms with Gasteiger partial charge in [-0.3, -0.25) is 9.58 Å². The monoisotopic (exact) mass is 419 g/mol. The molecule has 0 unspecified atom stereocenters. The minimum atomic E-state index is -0.513. The maximum atomic E-state index is 12.8. The number of rotatable bonds is 3. The second-order valence-corrected chi connectivity index (χ2v) is 10.8. The second kappa shape index (κ2) is 6.97. The zero-order valence-corrected chi connectivity index (χ0v) is 19.2. The van der Waals surface area contributed by atoms with Crippen molar-refractivity contribution in [1.29, 1.82) is 0 Å². The van der Waals surface area contributed by atoms with Crippen molar-refractivity contribution in [2.24, 2.45) is 0 Å². The first-order valence-electron chi connectivity index (χ1n) is 10.8. The molecule has 0 aromatic carbocycles. The Morgan fingerprint density at radius 3 is 2.43 bits per heavy atom. The molecule has 1 aromatic heterocycles. The van der Waals surface area contributed by atoms with Gasteiger partial charge in [0.25, 0.3) is 0 Å². The molecule has 3 fully saturated rings. The van der Waals surface area contributed by atoms with Crippen molar-refractivity contribution in [2.75, 3.05) is 13.2 Å². The smallest absolute Gasteiger partial charge is 0.444 e. The standard InChI is InChI=1S/C21H34BN3O5/c1-18(2,3)28-17(26)25-13-16(27-14-21(25)8-9-21)12-24-11-15(10-23-24)22-29-19(4,5)20(6,7)30-22/h10-11,16H,8-9,12-14H2,1-7H3/t16-/m0/s1. The van der Waals surface area contributed by atoms with E-state index >= 15 is 0 Å². The Morgan fingerprint density at radius 1 is 1.23 bits per heavy atom. The molecule has 3 heterocycles. The number of carbonyl (C=O) groups is 1. The van der Waals surface area contributed by atoms with Gasteiger partial charge in [-0.25, -0.2) is 4.79 Å². The van der Waals surface area contributed by atoms with Gasteiger partial charge in [-0.15, -0.1) is 0 Å². The lowest BCUT2D eigenvalue weighted by atomic mass is 9.82. The lowest BCUT2D eigenvalue weighted by molar-refractivity contribution is -0.0839. The van der Waals surface area contributed by atoms with Crippen LogP contribution in [0.25, 0.3) is 0 Å². The molecule has 1 amide bonds. The minimum Gasteiger partial charge on any atom is -0.444 e. The second-order valence-electron chi connectivity index (χ2n) is 10.8. The van der Waals surface area contributed by atoms with Crippen LogP contribution in [-0.2, 0) is 25.3 Å². The quantitative estimate of drug-likeness (QED) is 0.701. The van der Waals surface area contributed by atoms with Crippen molar-refractivity contribution in [1.82, 2.24) is 14.7 Å². The fraction of sp³-hybridized carbons (Fsp3) is 0.810. The summed E-state index contributed by atoms with van der Waals surface area (Å²) >= 11 is 0. The molecule has 166 valence electrons. The average molecular weight is 419 g/mol. The van der Waals surface area contributed by atoms with E-state index in [-0.39, 0.29) is 17.7 Å². The number of amides is 1. The van der Waals surface area contributed by atoms with Crippen molar-refractivity contribution < 1.29 is 23.6 Å². The fourth-order valence-corrected chi connectivity index (χ4v) is 3.84. The number of hydrogen-bond donors (Lipinski definition) is 0. The summed E-state index contributed by atoms with van der Waals surface area (Å²) in [4.78, 5) is 14.6. The average Bonchev–Trinajstić information content (AvgIpc) is 3.13. The molecule has 0 bridgehead atoms. The Labute approximate surface area is 179 Å². The van der Waals surface area contributed by atoms with Crippen LogP contribution in [0.2, 0.25) is 0 Å². The lowest BCUT2D eigenvalue weighted by Crippen LogP contribution is -2.56. The van der Waals surface area contributed by atoms with Crippen LogP contribution in [0.3, 0.4) is 0 Å². The van der Waals surface area contributed by atoms with Crippen LogP contribution in [0.5, 0.6) is 0 Å². The van der Waals surface area contributed by atoms with Crippen LogP contribution in [0.1, 0.15) is 61.3 Å². The van der Waals surface area contributed by atoms with Crippen molar-refractivity contribution >= 4 is 18.7 Å². The summed E-state index contributed by atoms with van der Waals surface area (Å²) in [7, 11) is -0.441. The van der Waals surface area contributed by atoms with E-state index < -0.39 is 23.9 Å². The van der Waals surface area contributed by atoms with E-state index in [0.717, 1.165) is 18.3 Å². The molecule has 8 nitrogen and oxygen atoms in total. The van der Waals surface area contributed by atoms with E-state index in [2.05, 4.69) is 5.10 Å². The molecule has 1 aromatic rings. The summed E-state index contributed by atoms with van der Waals surface area (Å²) in [6.07, 6.45) is 5.24. The highest BCUT2D eigenvalue weighted by Gasteiger charge is 2.55. The molecule has 0 radical (unpaired) electrons. The van der Waals surface area contributed by atoms with Gasteiger partial charge in [0.15, 0.2) is 0 Å². The molecule has 30 heavy (non-hydrogen) atoms. The molecule has 1 spiro atoms. The van der Waals surface area contributed by atoms with Crippen molar-refractivity contribution in [3.05, 3.63) is 12.4 Å². The zero-order chi connectivity index (χ0) is 21.9. The molecule has 2 aliphatic heterocycles. The minimum absolute atomic E-state index is 0.144. The zero-order valence-electron chi connectivity index (χ0n) is 19.2. The number of nitrogens with zero attached hydrogens (tertiary/aromatic N) is 3. The molecular formula is C21H34BN3O5. The number of hydrogen-bond acceptors (Lipinski definition) is 6. The first-order chi connectivity index (χ1) is 13.8. The summed E-state index contributed by atoms with van der Waals surface area (Å²) in [6, 6.07) is 0. The third-order valence-electron chi connectivity index (χ3n) is 6.56. The van der Waals surface area contributed by atoms with E-state index in [1.165, 1.54) is 0 Å². The molecule has 4 rings (SSSR count).